The zero-order valence-electron chi connectivity index (χ0n) is 14.8. The minimum atomic E-state index is -0.545. The van der Waals surface area contributed by atoms with Crippen LogP contribution in [0.15, 0.2) is 54.9 Å². The molecular weight excluding hydrogens is 360 g/mol. The Bertz CT molecular complexity index is 1040. The van der Waals surface area contributed by atoms with Crippen LogP contribution in [-0.2, 0) is 0 Å². The second-order valence-electron chi connectivity index (χ2n) is 5.80. The number of aromatic amines is 1. The molecule has 0 fully saturated rings. The second kappa shape index (κ2) is 8.58. The van der Waals surface area contributed by atoms with E-state index in [4.69, 9.17) is 5.73 Å². The minimum absolute atomic E-state index is 0.277. The number of primary amides is 1. The van der Waals surface area contributed by atoms with Crippen LogP contribution in [0.1, 0.15) is 31.2 Å². The van der Waals surface area contributed by atoms with Gasteiger partial charge in [0.25, 0.3) is 11.8 Å². The Kier molecular flexibility index (Phi) is 5.75. The molecule has 0 saturated heterocycles. The van der Waals surface area contributed by atoms with Crippen molar-refractivity contribution >= 4 is 28.9 Å². The zero-order valence-corrected chi connectivity index (χ0v) is 14.8. The molecule has 0 bridgehead atoms. The number of H-pyrrole nitrogens is 1. The lowest BCUT2D eigenvalue weighted by atomic mass is 10.1. The lowest BCUT2D eigenvalue weighted by Crippen LogP contribution is -2.25. The monoisotopic (exact) mass is 378 g/mol. The molecule has 0 aliphatic heterocycles. The average Bonchev–Trinajstić information content (AvgIpc) is 3.18. The normalized spacial score (nSPS) is 10.9. The summed E-state index contributed by atoms with van der Waals surface area (Å²) in [6.07, 6.45) is 4.96. The van der Waals surface area contributed by atoms with Crippen molar-refractivity contribution < 1.29 is 14.4 Å². The molecule has 2 aromatic heterocycles. The van der Waals surface area contributed by atoms with E-state index >= 15 is 0 Å². The quantitative estimate of drug-likeness (QED) is 0.449. The van der Waals surface area contributed by atoms with Gasteiger partial charge in [-0.3, -0.25) is 14.4 Å². The molecule has 0 radical (unpaired) electrons. The zero-order chi connectivity index (χ0) is 19.9. The number of aromatic nitrogens is 3. The molecule has 0 atom stereocenters. The molecule has 5 N–H and O–H groups in total. The van der Waals surface area contributed by atoms with E-state index in [0.717, 1.165) is 5.52 Å². The van der Waals surface area contributed by atoms with E-state index in [-0.39, 0.29) is 17.5 Å². The highest BCUT2D eigenvalue weighted by molar-refractivity contribution is 5.97. The average molecular weight is 378 g/mol. The van der Waals surface area contributed by atoms with Gasteiger partial charge in [0.15, 0.2) is 5.65 Å². The molecule has 9 nitrogen and oxygen atoms in total. The first-order chi connectivity index (χ1) is 13.5. The molecule has 0 saturated carbocycles. The highest BCUT2D eigenvalue weighted by Crippen LogP contribution is 2.07. The molecule has 0 unspecified atom stereocenters. The van der Waals surface area contributed by atoms with Crippen molar-refractivity contribution in [3.63, 3.8) is 0 Å². The molecule has 3 amide bonds. The van der Waals surface area contributed by atoms with Crippen molar-refractivity contribution in [2.75, 3.05) is 13.1 Å². The molecule has 0 aliphatic rings. The molecule has 0 spiro atoms. The van der Waals surface area contributed by atoms with Gasteiger partial charge in [0.2, 0.25) is 5.91 Å². The van der Waals surface area contributed by atoms with Gasteiger partial charge < -0.3 is 21.4 Å². The summed E-state index contributed by atoms with van der Waals surface area (Å²) in [7, 11) is 0. The number of imidazole rings is 1. The maximum Gasteiger partial charge on any atom is 0.270 e. The van der Waals surface area contributed by atoms with Crippen LogP contribution in [0.5, 0.6) is 0 Å². The number of nitrogens with two attached hydrogens (primary N) is 1. The van der Waals surface area contributed by atoms with E-state index in [1.54, 1.807) is 24.3 Å². The van der Waals surface area contributed by atoms with E-state index in [9.17, 15) is 14.4 Å². The molecule has 3 rings (SSSR count). The number of fused-ring (bicyclic) bond motifs is 1. The van der Waals surface area contributed by atoms with Crippen LogP contribution in [0.4, 0.5) is 0 Å². The summed E-state index contributed by atoms with van der Waals surface area (Å²) in [4.78, 5) is 46.1. The number of hydrogen-bond donors (Lipinski definition) is 4. The fraction of sp³-hybridized carbons (Fsp3) is 0.105. The van der Waals surface area contributed by atoms with Gasteiger partial charge in [0.1, 0.15) is 5.69 Å². The number of carbonyl (C=O) groups excluding carboxylic acids is 3. The summed E-state index contributed by atoms with van der Waals surface area (Å²) in [5, 5.41) is 5.42. The Morgan fingerprint density at radius 3 is 2.25 bits per heavy atom. The van der Waals surface area contributed by atoms with E-state index in [2.05, 4.69) is 25.6 Å². The first kappa shape index (κ1) is 18.8. The maximum atomic E-state index is 12.1. The van der Waals surface area contributed by atoms with Crippen LogP contribution in [0, 0.1) is 0 Å². The highest BCUT2D eigenvalue weighted by Gasteiger charge is 2.08. The summed E-state index contributed by atoms with van der Waals surface area (Å²) in [6.45, 7) is 0.589. The summed E-state index contributed by atoms with van der Waals surface area (Å²) in [6, 6.07) is 9.41. The fourth-order valence-corrected chi connectivity index (χ4v) is 2.40. The third-order valence-electron chi connectivity index (χ3n) is 3.87. The lowest BCUT2D eigenvalue weighted by molar-refractivity contribution is 0.0946. The van der Waals surface area contributed by atoms with Crippen molar-refractivity contribution in [1.29, 1.82) is 0 Å². The van der Waals surface area contributed by atoms with Crippen LogP contribution >= 0.6 is 0 Å². The van der Waals surface area contributed by atoms with Gasteiger partial charge in [-0.05, 0) is 36.4 Å². The SMILES string of the molecule is NC(=O)c1ccc(C(=O)NC/C=C/CNC(=O)c2ccc3[nH]cnc3n2)cc1. The van der Waals surface area contributed by atoms with Crippen LogP contribution in [0.2, 0.25) is 0 Å². The number of amides is 3. The second-order valence-corrected chi connectivity index (χ2v) is 5.80. The Balaban J connectivity index is 1.41. The summed E-state index contributed by atoms with van der Waals surface area (Å²) in [5.74, 6) is -1.13. The number of benzene rings is 1. The van der Waals surface area contributed by atoms with Gasteiger partial charge in [-0.2, -0.15) is 0 Å². The number of pyridine rings is 1. The predicted molar refractivity (Wildman–Crippen MR) is 103 cm³/mol. The van der Waals surface area contributed by atoms with Gasteiger partial charge >= 0.3 is 0 Å². The standard InChI is InChI=1S/C19H18N6O3/c20-16(26)12-3-5-13(6-4-12)18(27)21-9-1-2-10-22-19(28)15-8-7-14-17(25-15)24-11-23-14/h1-8,11H,9-10H2,(H2,20,26)(H,21,27)(H,22,28)(H,23,24,25)/b2-1+. The van der Waals surface area contributed by atoms with E-state index in [1.807, 2.05) is 0 Å². The van der Waals surface area contributed by atoms with E-state index in [0.29, 0.717) is 29.9 Å². The van der Waals surface area contributed by atoms with Crippen molar-refractivity contribution in [2.45, 2.75) is 0 Å². The van der Waals surface area contributed by atoms with Crippen molar-refractivity contribution in [2.24, 2.45) is 5.73 Å². The Labute approximate surface area is 160 Å². The number of carbonyl (C=O) groups is 3. The van der Waals surface area contributed by atoms with Gasteiger partial charge in [0.05, 0.1) is 11.8 Å². The fourth-order valence-electron chi connectivity index (χ4n) is 2.40. The first-order valence-electron chi connectivity index (χ1n) is 8.46. The Hall–Kier alpha value is -4.01. The van der Waals surface area contributed by atoms with Crippen LogP contribution < -0.4 is 16.4 Å². The highest BCUT2D eigenvalue weighted by atomic mass is 16.2. The van der Waals surface area contributed by atoms with Gasteiger partial charge in [0, 0.05) is 24.2 Å². The maximum absolute atomic E-state index is 12.1. The third-order valence-corrected chi connectivity index (χ3v) is 3.87. The largest absolute Gasteiger partial charge is 0.366 e. The summed E-state index contributed by atoms with van der Waals surface area (Å²) in [5.41, 5.74) is 7.44. The lowest BCUT2D eigenvalue weighted by Gasteiger charge is -2.03. The van der Waals surface area contributed by atoms with Crippen LogP contribution in [0.25, 0.3) is 11.2 Å². The van der Waals surface area contributed by atoms with Crippen molar-refractivity contribution in [1.82, 2.24) is 25.6 Å². The molecule has 1 aromatic carbocycles. The third kappa shape index (κ3) is 4.58. The smallest absolute Gasteiger partial charge is 0.270 e. The number of nitrogens with one attached hydrogen (secondary N) is 3. The first-order valence-corrected chi connectivity index (χ1v) is 8.46. The molecular formula is C19H18N6O3. The van der Waals surface area contributed by atoms with Crippen molar-refractivity contribution in [3.8, 4) is 0 Å². The summed E-state index contributed by atoms with van der Waals surface area (Å²) < 4.78 is 0. The molecule has 28 heavy (non-hydrogen) atoms. The van der Waals surface area contributed by atoms with E-state index in [1.165, 1.54) is 30.6 Å². The minimum Gasteiger partial charge on any atom is -0.366 e. The van der Waals surface area contributed by atoms with Gasteiger partial charge in [-0.1, -0.05) is 12.2 Å². The van der Waals surface area contributed by atoms with Gasteiger partial charge in [-0.25, -0.2) is 9.97 Å². The molecule has 0 aliphatic carbocycles. The van der Waals surface area contributed by atoms with Crippen LogP contribution in [-0.4, -0.2) is 45.8 Å². The van der Waals surface area contributed by atoms with Crippen molar-refractivity contribution in [3.05, 3.63) is 71.7 Å². The van der Waals surface area contributed by atoms with Crippen LogP contribution in [0.3, 0.4) is 0 Å². The molecule has 2 heterocycles. The molecule has 3 aromatic rings. The number of hydrogen-bond acceptors (Lipinski definition) is 5. The predicted octanol–water partition coefficient (Wildman–Crippen LogP) is 0.773. The molecule has 142 valence electrons. The molecule has 9 heteroatoms. The van der Waals surface area contributed by atoms with Gasteiger partial charge in [-0.15, -0.1) is 0 Å². The summed E-state index contributed by atoms with van der Waals surface area (Å²) >= 11 is 0. The Morgan fingerprint density at radius 2 is 1.57 bits per heavy atom. The topological polar surface area (TPSA) is 143 Å². The number of rotatable bonds is 7. The van der Waals surface area contributed by atoms with E-state index < -0.39 is 5.91 Å². The number of nitrogens with zero attached hydrogens (tertiary/aromatic N) is 2. The Morgan fingerprint density at radius 1 is 0.929 bits per heavy atom.